The third kappa shape index (κ3) is 2.07. The molecule has 2 aromatic rings. The third-order valence-corrected chi connectivity index (χ3v) is 3.22. The lowest BCUT2D eigenvalue weighted by Crippen LogP contribution is -2.11. The van der Waals surface area contributed by atoms with Gasteiger partial charge in [0.25, 0.3) is 0 Å². The minimum atomic E-state index is 0.0751. The molecule has 84 valence electrons. The normalized spacial score (nSPS) is 11.7. The standard InChI is InChI=1S/C12H15N3S/c1-12(2,3)9-7-16-11(15-9)8-5-4-6-14-10(8)13/h4-7H,1-3H3,(H2,13,14). The minimum absolute atomic E-state index is 0.0751. The number of thiazole rings is 1. The van der Waals surface area contributed by atoms with E-state index in [-0.39, 0.29) is 5.41 Å². The van der Waals surface area contributed by atoms with Gasteiger partial charge in [-0.1, -0.05) is 20.8 Å². The number of nitrogen functional groups attached to an aromatic ring is 1. The maximum absolute atomic E-state index is 5.83. The van der Waals surface area contributed by atoms with Crippen LogP contribution >= 0.6 is 11.3 Å². The van der Waals surface area contributed by atoms with Crippen LogP contribution in [0.5, 0.6) is 0 Å². The van der Waals surface area contributed by atoms with Gasteiger partial charge >= 0.3 is 0 Å². The van der Waals surface area contributed by atoms with Gasteiger partial charge in [-0.25, -0.2) is 9.97 Å². The molecule has 4 heteroatoms. The number of rotatable bonds is 1. The predicted molar refractivity (Wildman–Crippen MR) is 68.5 cm³/mol. The second kappa shape index (κ2) is 3.87. The number of pyridine rings is 1. The van der Waals surface area contributed by atoms with Crippen LogP contribution in [0.1, 0.15) is 26.5 Å². The number of hydrogen-bond acceptors (Lipinski definition) is 4. The molecule has 0 atom stereocenters. The summed E-state index contributed by atoms with van der Waals surface area (Å²) in [5.41, 5.74) is 7.91. The first-order valence-electron chi connectivity index (χ1n) is 5.15. The first-order valence-corrected chi connectivity index (χ1v) is 6.03. The van der Waals surface area contributed by atoms with E-state index in [1.54, 1.807) is 17.5 Å². The van der Waals surface area contributed by atoms with Gasteiger partial charge in [-0.3, -0.25) is 0 Å². The van der Waals surface area contributed by atoms with Crippen molar-refractivity contribution in [2.24, 2.45) is 0 Å². The average Bonchev–Trinajstić information content (AvgIpc) is 2.66. The maximum atomic E-state index is 5.83. The molecule has 0 saturated heterocycles. The molecule has 0 radical (unpaired) electrons. The summed E-state index contributed by atoms with van der Waals surface area (Å²) in [6.07, 6.45) is 1.69. The van der Waals surface area contributed by atoms with Gasteiger partial charge in [0.2, 0.25) is 0 Å². The SMILES string of the molecule is CC(C)(C)c1csc(-c2cccnc2N)n1. The van der Waals surface area contributed by atoms with E-state index in [9.17, 15) is 0 Å². The molecular formula is C12H15N3S. The Morgan fingerprint density at radius 3 is 2.62 bits per heavy atom. The molecule has 0 fully saturated rings. The molecule has 16 heavy (non-hydrogen) atoms. The summed E-state index contributed by atoms with van der Waals surface area (Å²) < 4.78 is 0. The van der Waals surface area contributed by atoms with Crippen LogP contribution < -0.4 is 5.73 Å². The summed E-state index contributed by atoms with van der Waals surface area (Å²) in [5, 5.41) is 3.03. The second-order valence-corrected chi connectivity index (χ2v) is 5.58. The fourth-order valence-electron chi connectivity index (χ4n) is 1.34. The molecule has 2 heterocycles. The van der Waals surface area contributed by atoms with Crippen LogP contribution in [-0.4, -0.2) is 9.97 Å². The Kier molecular flexibility index (Phi) is 2.68. The third-order valence-electron chi connectivity index (χ3n) is 2.34. The van der Waals surface area contributed by atoms with Crippen LogP contribution in [0.2, 0.25) is 0 Å². The summed E-state index contributed by atoms with van der Waals surface area (Å²) in [6, 6.07) is 3.83. The van der Waals surface area contributed by atoms with Gasteiger partial charge in [0.15, 0.2) is 0 Å². The highest BCUT2D eigenvalue weighted by molar-refractivity contribution is 7.13. The Morgan fingerprint density at radius 2 is 2.06 bits per heavy atom. The van der Waals surface area contributed by atoms with E-state index in [0.717, 1.165) is 16.3 Å². The number of anilines is 1. The lowest BCUT2D eigenvalue weighted by Gasteiger charge is -2.14. The van der Waals surface area contributed by atoms with Crippen LogP contribution in [0.25, 0.3) is 10.6 Å². The molecule has 0 unspecified atom stereocenters. The van der Waals surface area contributed by atoms with Gasteiger partial charge < -0.3 is 5.73 Å². The van der Waals surface area contributed by atoms with Gasteiger partial charge in [0.05, 0.1) is 11.3 Å². The Labute approximate surface area is 99.4 Å². The molecule has 0 aliphatic rings. The van der Waals surface area contributed by atoms with Crippen molar-refractivity contribution in [2.75, 3.05) is 5.73 Å². The number of aromatic nitrogens is 2. The first kappa shape index (κ1) is 11.1. The smallest absolute Gasteiger partial charge is 0.133 e. The fraction of sp³-hybridized carbons (Fsp3) is 0.333. The zero-order valence-electron chi connectivity index (χ0n) is 9.69. The van der Waals surface area contributed by atoms with Crippen molar-refractivity contribution >= 4 is 17.2 Å². The van der Waals surface area contributed by atoms with Crippen molar-refractivity contribution in [2.45, 2.75) is 26.2 Å². The molecule has 0 aromatic carbocycles. The summed E-state index contributed by atoms with van der Waals surface area (Å²) in [5.74, 6) is 0.539. The Hall–Kier alpha value is -1.42. The van der Waals surface area contributed by atoms with E-state index in [2.05, 4.69) is 36.1 Å². The zero-order chi connectivity index (χ0) is 11.8. The summed E-state index contributed by atoms with van der Waals surface area (Å²) >= 11 is 1.61. The highest BCUT2D eigenvalue weighted by atomic mass is 32.1. The van der Waals surface area contributed by atoms with E-state index in [1.807, 2.05) is 12.1 Å². The maximum Gasteiger partial charge on any atom is 0.133 e. The van der Waals surface area contributed by atoms with Crippen molar-refractivity contribution in [3.8, 4) is 10.6 Å². The van der Waals surface area contributed by atoms with E-state index in [4.69, 9.17) is 5.73 Å². The van der Waals surface area contributed by atoms with Crippen molar-refractivity contribution in [3.63, 3.8) is 0 Å². The molecule has 2 aromatic heterocycles. The van der Waals surface area contributed by atoms with Gasteiger partial charge in [0.1, 0.15) is 10.8 Å². The number of hydrogen-bond donors (Lipinski definition) is 1. The van der Waals surface area contributed by atoms with E-state index in [1.165, 1.54) is 0 Å². The highest BCUT2D eigenvalue weighted by Gasteiger charge is 2.18. The van der Waals surface area contributed by atoms with Gasteiger partial charge in [-0.15, -0.1) is 11.3 Å². The lowest BCUT2D eigenvalue weighted by atomic mass is 9.93. The summed E-state index contributed by atoms with van der Waals surface area (Å²) in [7, 11) is 0. The molecule has 2 rings (SSSR count). The van der Waals surface area contributed by atoms with E-state index in [0.29, 0.717) is 5.82 Å². The Bertz CT molecular complexity index is 497. The second-order valence-electron chi connectivity index (χ2n) is 4.72. The molecule has 0 bridgehead atoms. The number of nitrogens with two attached hydrogens (primary N) is 1. The van der Waals surface area contributed by atoms with Crippen LogP contribution in [0.15, 0.2) is 23.7 Å². The first-order chi connectivity index (χ1) is 7.48. The van der Waals surface area contributed by atoms with Crippen molar-refractivity contribution in [3.05, 3.63) is 29.4 Å². The molecule has 0 aliphatic carbocycles. The Morgan fingerprint density at radius 1 is 1.31 bits per heavy atom. The van der Waals surface area contributed by atoms with E-state index >= 15 is 0 Å². The van der Waals surface area contributed by atoms with Crippen molar-refractivity contribution < 1.29 is 0 Å². The highest BCUT2D eigenvalue weighted by Crippen LogP contribution is 2.31. The largest absolute Gasteiger partial charge is 0.383 e. The van der Waals surface area contributed by atoms with Crippen LogP contribution in [0, 0.1) is 0 Å². The molecule has 0 aliphatic heterocycles. The fourth-order valence-corrected chi connectivity index (χ4v) is 2.42. The van der Waals surface area contributed by atoms with Crippen LogP contribution in [0.3, 0.4) is 0 Å². The molecule has 2 N–H and O–H groups in total. The van der Waals surface area contributed by atoms with Gasteiger partial charge in [-0.2, -0.15) is 0 Å². The molecular weight excluding hydrogens is 218 g/mol. The quantitative estimate of drug-likeness (QED) is 0.823. The molecule has 0 amide bonds. The Balaban J connectivity index is 2.44. The molecule has 0 saturated carbocycles. The minimum Gasteiger partial charge on any atom is -0.383 e. The predicted octanol–water partition coefficient (Wildman–Crippen LogP) is 3.08. The van der Waals surface area contributed by atoms with Gasteiger partial charge in [-0.05, 0) is 12.1 Å². The molecule has 3 nitrogen and oxygen atoms in total. The molecule has 0 spiro atoms. The monoisotopic (exact) mass is 233 g/mol. The summed E-state index contributed by atoms with van der Waals surface area (Å²) in [6.45, 7) is 6.45. The van der Waals surface area contributed by atoms with Crippen LogP contribution in [0.4, 0.5) is 5.82 Å². The van der Waals surface area contributed by atoms with Crippen LogP contribution in [-0.2, 0) is 5.41 Å². The topological polar surface area (TPSA) is 51.8 Å². The zero-order valence-corrected chi connectivity index (χ0v) is 10.5. The van der Waals surface area contributed by atoms with Gasteiger partial charge in [0, 0.05) is 17.0 Å². The number of nitrogens with zero attached hydrogens (tertiary/aromatic N) is 2. The van der Waals surface area contributed by atoms with E-state index < -0.39 is 0 Å². The lowest BCUT2D eigenvalue weighted by molar-refractivity contribution is 0.573. The van der Waals surface area contributed by atoms with Crippen molar-refractivity contribution in [1.29, 1.82) is 0 Å². The summed E-state index contributed by atoms with van der Waals surface area (Å²) in [4.78, 5) is 8.68. The van der Waals surface area contributed by atoms with Crippen molar-refractivity contribution in [1.82, 2.24) is 9.97 Å². The average molecular weight is 233 g/mol.